The summed E-state index contributed by atoms with van der Waals surface area (Å²) in [6, 6.07) is 0. The van der Waals surface area contributed by atoms with Crippen LogP contribution in [0.25, 0.3) is 0 Å². The lowest BCUT2D eigenvalue weighted by molar-refractivity contribution is 0.0957. The quantitative estimate of drug-likeness (QED) is 0.550. The number of carbonyl (C=O) groups excluding carboxylic acids is 1. The summed E-state index contributed by atoms with van der Waals surface area (Å²) < 4.78 is 0. The van der Waals surface area contributed by atoms with Gasteiger partial charge in [0.25, 0.3) is 11.5 Å². The number of nitrogens with one attached hydrogen (secondary N) is 2. The molecule has 58 valence electrons. The fraction of sp³-hybridized carbons (Fsp3) is 0.167. The average molecular weight is 153 g/mol. The van der Waals surface area contributed by atoms with Crippen LogP contribution in [0, 0.1) is 0 Å². The van der Waals surface area contributed by atoms with Gasteiger partial charge in [-0.3, -0.25) is 9.59 Å². The molecule has 1 amide bonds. The van der Waals surface area contributed by atoms with E-state index >= 15 is 0 Å². The van der Waals surface area contributed by atoms with Crippen molar-refractivity contribution in [3.05, 3.63) is 28.4 Å². The van der Waals surface area contributed by atoms with E-state index < -0.39 is 0 Å². The molecule has 5 nitrogen and oxygen atoms in total. The predicted octanol–water partition coefficient (Wildman–Crippen LogP) is -0.871. The molecule has 1 aromatic rings. The summed E-state index contributed by atoms with van der Waals surface area (Å²) in [5.74, 6) is -0.318. The van der Waals surface area contributed by atoms with Crippen LogP contribution in [-0.2, 0) is 0 Å². The van der Waals surface area contributed by atoms with Crippen molar-refractivity contribution in [3.63, 3.8) is 0 Å². The highest BCUT2D eigenvalue weighted by Gasteiger charge is 2.02. The molecule has 0 saturated heterocycles. The lowest BCUT2D eigenvalue weighted by Crippen LogP contribution is -2.21. The molecule has 5 heteroatoms. The van der Waals surface area contributed by atoms with Crippen LogP contribution in [0.15, 0.2) is 17.2 Å². The first-order valence-corrected chi connectivity index (χ1v) is 3.01. The first kappa shape index (κ1) is 7.46. The number of amides is 1. The van der Waals surface area contributed by atoms with E-state index in [0.717, 1.165) is 6.20 Å². The molecule has 1 heterocycles. The second-order valence-corrected chi connectivity index (χ2v) is 1.88. The van der Waals surface area contributed by atoms with Gasteiger partial charge in [-0.1, -0.05) is 0 Å². The van der Waals surface area contributed by atoms with Gasteiger partial charge in [-0.15, -0.1) is 0 Å². The summed E-state index contributed by atoms with van der Waals surface area (Å²) in [4.78, 5) is 27.2. The Kier molecular flexibility index (Phi) is 2.00. The van der Waals surface area contributed by atoms with Crippen LogP contribution in [0.5, 0.6) is 0 Å². The molecule has 0 spiro atoms. The maximum Gasteiger partial charge on any atom is 0.271 e. The topological polar surface area (TPSA) is 74.8 Å². The van der Waals surface area contributed by atoms with Gasteiger partial charge in [0, 0.05) is 13.2 Å². The van der Waals surface area contributed by atoms with Gasteiger partial charge in [0.2, 0.25) is 0 Å². The normalized spacial score (nSPS) is 9.18. The Morgan fingerprint density at radius 3 is 2.91 bits per heavy atom. The van der Waals surface area contributed by atoms with E-state index in [4.69, 9.17) is 0 Å². The number of carbonyl (C=O) groups is 1. The summed E-state index contributed by atoms with van der Waals surface area (Å²) in [5.41, 5.74) is -0.121. The van der Waals surface area contributed by atoms with Crippen LogP contribution in [0.2, 0.25) is 0 Å². The van der Waals surface area contributed by atoms with Crippen molar-refractivity contribution in [3.8, 4) is 0 Å². The van der Waals surface area contributed by atoms with E-state index in [1.165, 1.54) is 13.2 Å². The largest absolute Gasteiger partial charge is 0.354 e. The van der Waals surface area contributed by atoms with Crippen LogP contribution in [-0.4, -0.2) is 22.9 Å². The van der Waals surface area contributed by atoms with Gasteiger partial charge in [-0.05, 0) is 0 Å². The maximum absolute atomic E-state index is 10.8. The monoisotopic (exact) mass is 153 g/mol. The van der Waals surface area contributed by atoms with Crippen molar-refractivity contribution in [2.45, 2.75) is 0 Å². The van der Waals surface area contributed by atoms with E-state index in [0.29, 0.717) is 0 Å². The number of rotatable bonds is 1. The summed E-state index contributed by atoms with van der Waals surface area (Å²) in [6.07, 6.45) is 2.33. The van der Waals surface area contributed by atoms with Crippen LogP contribution in [0.4, 0.5) is 0 Å². The van der Waals surface area contributed by atoms with E-state index in [1.807, 2.05) is 0 Å². The maximum atomic E-state index is 10.8. The molecule has 1 rings (SSSR count). The van der Waals surface area contributed by atoms with Crippen molar-refractivity contribution >= 4 is 5.91 Å². The number of nitrogens with zero attached hydrogens (tertiary/aromatic N) is 1. The minimum Gasteiger partial charge on any atom is -0.354 e. The molecule has 0 aromatic carbocycles. The van der Waals surface area contributed by atoms with Gasteiger partial charge in [0.15, 0.2) is 0 Å². The number of hydrogen-bond donors (Lipinski definition) is 2. The Hall–Kier alpha value is -1.65. The van der Waals surface area contributed by atoms with Crippen LogP contribution >= 0.6 is 0 Å². The van der Waals surface area contributed by atoms with Crippen LogP contribution < -0.4 is 10.9 Å². The molecular weight excluding hydrogens is 146 g/mol. The Bertz CT molecular complexity index is 297. The molecule has 0 unspecified atom stereocenters. The first-order chi connectivity index (χ1) is 5.24. The molecular formula is C6H7N3O2. The molecule has 0 bridgehead atoms. The molecule has 0 fully saturated rings. The summed E-state index contributed by atoms with van der Waals surface area (Å²) in [6.45, 7) is 0. The third-order valence-corrected chi connectivity index (χ3v) is 1.13. The second kappa shape index (κ2) is 2.96. The van der Waals surface area contributed by atoms with Gasteiger partial charge in [-0.2, -0.15) is 0 Å². The fourth-order valence-electron chi connectivity index (χ4n) is 0.594. The zero-order valence-electron chi connectivity index (χ0n) is 5.92. The molecule has 0 radical (unpaired) electrons. The lowest BCUT2D eigenvalue weighted by atomic mass is 10.4. The standard InChI is InChI=1S/C6H7N3O2/c1-7-6(11)4-2-9-5(10)3-8-4/h2-3H,1H3,(H,7,11)(H,9,10). The number of aromatic nitrogens is 2. The SMILES string of the molecule is CNC(=O)c1c[nH]c(=O)cn1. The fourth-order valence-corrected chi connectivity index (χ4v) is 0.594. The Balaban J connectivity index is 2.99. The van der Waals surface area contributed by atoms with Gasteiger partial charge in [0.1, 0.15) is 5.69 Å². The van der Waals surface area contributed by atoms with E-state index in [9.17, 15) is 9.59 Å². The zero-order chi connectivity index (χ0) is 8.27. The van der Waals surface area contributed by atoms with Crippen LogP contribution in [0.1, 0.15) is 10.5 Å². The van der Waals surface area contributed by atoms with Crippen molar-refractivity contribution < 1.29 is 4.79 Å². The summed E-state index contributed by atoms with van der Waals surface area (Å²) in [7, 11) is 1.50. The highest BCUT2D eigenvalue weighted by molar-refractivity contribution is 5.91. The molecule has 0 aliphatic heterocycles. The predicted molar refractivity (Wildman–Crippen MR) is 38.2 cm³/mol. The van der Waals surface area contributed by atoms with Crippen molar-refractivity contribution in [1.82, 2.24) is 15.3 Å². The molecule has 0 aliphatic rings. The lowest BCUT2D eigenvalue weighted by Gasteiger charge is -1.94. The smallest absolute Gasteiger partial charge is 0.271 e. The Labute approximate surface area is 62.5 Å². The second-order valence-electron chi connectivity index (χ2n) is 1.88. The molecule has 1 aromatic heterocycles. The molecule has 0 atom stereocenters. The number of aromatic amines is 1. The Morgan fingerprint density at radius 2 is 2.45 bits per heavy atom. The highest BCUT2D eigenvalue weighted by atomic mass is 16.2. The third-order valence-electron chi connectivity index (χ3n) is 1.13. The van der Waals surface area contributed by atoms with Crippen molar-refractivity contribution in [1.29, 1.82) is 0 Å². The van der Waals surface area contributed by atoms with Gasteiger partial charge >= 0.3 is 0 Å². The third kappa shape index (κ3) is 1.64. The highest BCUT2D eigenvalue weighted by Crippen LogP contribution is 1.84. The van der Waals surface area contributed by atoms with E-state index in [1.54, 1.807) is 0 Å². The number of hydrogen-bond acceptors (Lipinski definition) is 3. The van der Waals surface area contributed by atoms with Crippen molar-refractivity contribution in [2.75, 3.05) is 7.05 Å². The van der Waals surface area contributed by atoms with E-state index in [2.05, 4.69) is 15.3 Å². The van der Waals surface area contributed by atoms with Gasteiger partial charge < -0.3 is 10.3 Å². The van der Waals surface area contributed by atoms with E-state index in [-0.39, 0.29) is 17.2 Å². The molecule has 0 saturated carbocycles. The Morgan fingerprint density at radius 1 is 1.73 bits per heavy atom. The van der Waals surface area contributed by atoms with Crippen LogP contribution in [0.3, 0.4) is 0 Å². The number of H-pyrrole nitrogens is 1. The molecule has 0 aliphatic carbocycles. The van der Waals surface area contributed by atoms with Gasteiger partial charge in [-0.25, -0.2) is 4.98 Å². The van der Waals surface area contributed by atoms with Crippen molar-refractivity contribution in [2.24, 2.45) is 0 Å². The molecule has 2 N–H and O–H groups in total. The molecule has 11 heavy (non-hydrogen) atoms. The van der Waals surface area contributed by atoms with Gasteiger partial charge in [0.05, 0.1) is 6.20 Å². The average Bonchev–Trinajstić information content (AvgIpc) is 2.05. The minimum absolute atomic E-state index is 0.201. The summed E-state index contributed by atoms with van der Waals surface area (Å²) in [5, 5.41) is 2.38. The zero-order valence-corrected chi connectivity index (χ0v) is 5.92. The minimum atomic E-state index is -0.322. The first-order valence-electron chi connectivity index (χ1n) is 3.01. The summed E-state index contributed by atoms with van der Waals surface area (Å²) >= 11 is 0.